The average molecular weight is 304 g/mol. The van der Waals surface area contributed by atoms with Crippen molar-refractivity contribution in [2.45, 2.75) is 58.0 Å². The fourth-order valence-corrected chi connectivity index (χ4v) is 2.95. The second-order valence-corrected chi connectivity index (χ2v) is 5.85. The van der Waals surface area contributed by atoms with Crippen molar-refractivity contribution in [3.05, 3.63) is 35.4 Å². The standard InChI is InChI=1S/C18H24O4/c1-3-21-17(20)18(11-7-4-8-12-18)22-16(19)13-15-10-6-5-9-14(15)2/h5-6,9-10H,3-4,7-8,11-13H2,1-2H3. The molecule has 0 heterocycles. The molecule has 2 rings (SSSR count). The van der Waals surface area contributed by atoms with Crippen LogP contribution in [0.5, 0.6) is 0 Å². The summed E-state index contributed by atoms with van der Waals surface area (Å²) < 4.78 is 10.8. The van der Waals surface area contributed by atoms with Crippen LogP contribution in [0.25, 0.3) is 0 Å². The van der Waals surface area contributed by atoms with Crippen LogP contribution in [-0.4, -0.2) is 24.1 Å². The van der Waals surface area contributed by atoms with Gasteiger partial charge in [-0.05, 0) is 50.7 Å². The Labute approximate surface area is 131 Å². The quantitative estimate of drug-likeness (QED) is 0.783. The zero-order valence-electron chi connectivity index (χ0n) is 13.4. The minimum absolute atomic E-state index is 0.188. The molecule has 0 aliphatic heterocycles. The Hall–Kier alpha value is -1.84. The van der Waals surface area contributed by atoms with Gasteiger partial charge in [0.05, 0.1) is 13.0 Å². The highest BCUT2D eigenvalue weighted by Gasteiger charge is 2.44. The Bertz CT molecular complexity index is 530. The first kappa shape index (κ1) is 16.5. The first-order chi connectivity index (χ1) is 10.6. The molecule has 0 amide bonds. The molecule has 0 saturated heterocycles. The summed E-state index contributed by atoms with van der Waals surface area (Å²) in [5.74, 6) is -0.753. The molecule has 120 valence electrons. The van der Waals surface area contributed by atoms with Crippen LogP contribution in [0, 0.1) is 6.92 Å². The summed E-state index contributed by atoms with van der Waals surface area (Å²) in [6.07, 6.45) is 4.15. The molecular weight excluding hydrogens is 280 g/mol. The van der Waals surface area contributed by atoms with Crippen molar-refractivity contribution in [3.63, 3.8) is 0 Å². The molecule has 1 saturated carbocycles. The summed E-state index contributed by atoms with van der Waals surface area (Å²) in [4.78, 5) is 24.6. The van der Waals surface area contributed by atoms with Crippen LogP contribution < -0.4 is 0 Å². The lowest BCUT2D eigenvalue weighted by molar-refractivity contribution is -0.186. The number of rotatable bonds is 5. The largest absolute Gasteiger partial charge is 0.463 e. The fourth-order valence-electron chi connectivity index (χ4n) is 2.95. The number of esters is 2. The lowest BCUT2D eigenvalue weighted by Gasteiger charge is -2.34. The molecule has 1 fully saturated rings. The summed E-state index contributed by atoms with van der Waals surface area (Å²) >= 11 is 0. The SMILES string of the molecule is CCOC(=O)C1(OC(=O)Cc2ccccc2C)CCCCC1. The van der Waals surface area contributed by atoms with Crippen LogP contribution in [-0.2, 0) is 25.5 Å². The average Bonchev–Trinajstić information content (AvgIpc) is 2.50. The number of hydrogen-bond acceptors (Lipinski definition) is 4. The van der Waals surface area contributed by atoms with Gasteiger partial charge < -0.3 is 9.47 Å². The maximum Gasteiger partial charge on any atom is 0.350 e. The number of benzene rings is 1. The smallest absolute Gasteiger partial charge is 0.350 e. The van der Waals surface area contributed by atoms with Gasteiger partial charge in [0.2, 0.25) is 5.60 Å². The second-order valence-electron chi connectivity index (χ2n) is 5.85. The molecule has 0 N–H and O–H groups in total. The van der Waals surface area contributed by atoms with Gasteiger partial charge in [-0.1, -0.05) is 30.7 Å². The molecule has 0 atom stereocenters. The van der Waals surface area contributed by atoms with Crippen molar-refractivity contribution in [2.75, 3.05) is 6.61 Å². The number of ether oxygens (including phenoxy) is 2. The molecule has 1 aliphatic carbocycles. The maximum atomic E-state index is 12.3. The molecule has 0 bridgehead atoms. The molecular formula is C18H24O4. The Morgan fingerprint density at radius 2 is 1.82 bits per heavy atom. The first-order valence-electron chi connectivity index (χ1n) is 8.01. The van der Waals surface area contributed by atoms with E-state index >= 15 is 0 Å². The van der Waals surface area contributed by atoms with E-state index in [1.165, 1.54) is 0 Å². The summed E-state index contributed by atoms with van der Waals surface area (Å²) in [6, 6.07) is 7.71. The van der Waals surface area contributed by atoms with Gasteiger partial charge in [-0.3, -0.25) is 4.79 Å². The molecule has 1 aromatic carbocycles. The topological polar surface area (TPSA) is 52.6 Å². The van der Waals surface area contributed by atoms with Gasteiger partial charge in [-0.15, -0.1) is 0 Å². The third-order valence-electron chi connectivity index (χ3n) is 4.21. The van der Waals surface area contributed by atoms with E-state index in [9.17, 15) is 9.59 Å². The molecule has 4 nitrogen and oxygen atoms in total. The Morgan fingerprint density at radius 1 is 1.14 bits per heavy atom. The van der Waals surface area contributed by atoms with E-state index in [0.717, 1.165) is 30.4 Å². The zero-order valence-corrected chi connectivity index (χ0v) is 13.4. The lowest BCUT2D eigenvalue weighted by Crippen LogP contribution is -2.46. The molecule has 0 unspecified atom stereocenters. The Morgan fingerprint density at radius 3 is 2.45 bits per heavy atom. The Balaban J connectivity index is 2.08. The van der Waals surface area contributed by atoms with Gasteiger partial charge >= 0.3 is 11.9 Å². The Kier molecular flexibility index (Phi) is 5.58. The minimum atomic E-state index is -1.08. The number of carbonyl (C=O) groups excluding carboxylic acids is 2. The van der Waals surface area contributed by atoms with Gasteiger partial charge in [0.1, 0.15) is 0 Å². The molecule has 0 spiro atoms. The van der Waals surface area contributed by atoms with E-state index < -0.39 is 11.6 Å². The monoisotopic (exact) mass is 304 g/mol. The minimum Gasteiger partial charge on any atom is -0.463 e. The fraction of sp³-hybridized carbons (Fsp3) is 0.556. The van der Waals surface area contributed by atoms with Crippen LogP contribution in [0.2, 0.25) is 0 Å². The van der Waals surface area contributed by atoms with Gasteiger partial charge in [0.15, 0.2) is 0 Å². The summed E-state index contributed by atoms with van der Waals surface area (Å²) in [5.41, 5.74) is 0.907. The number of carbonyl (C=O) groups is 2. The van der Waals surface area contributed by atoms with Crippen LogP contribution >= 0.6 is 0 Å². The van der Waals surface area contributed by atoms with Gasteiger partial charge in [-0.2, -0.15) is 0 Å². The third kappa shape index (κ3) is 3.87. The number of aryl methyl sites for hydroxylation is 1. The highest BCUT2D eigenvalue weighted by molar-refractivity contribution is 5.84. The molecule has 4 heteroatoms. The summed E-state index contributed by atoms with van der Waals surface area (Å²) in [7, 11) is 0. The van der Waals surface area contributed by atoms with E-state index in [0.29, 0.717) is 19.4 Å². The molecule has 1 aromatic rings. The summed E-state index contributed by atoms with van der Waals surface area (Å²) in [5, 5.41) is 0. The zero-order chi connectivity index (χ0) is 16.0. The summed E-state index contributed by atoms with van der Waals surface area (Å²) in [6.45, 7) is 4.03. The number of hydrogen-bond donors (Lipinski definition) is 0. The van der Waals surface area contributed by atoms with Crippen molar-refractivity contribution in [1.82, 2.24) is 0 Å². The highest BCUT2D eigenvalue weighted by atomic mass is 16.6. The van der Waals surface area contributed by atoms with Crippen molar-refractivity contribution < 1.29 is 19.1 Å². The van der Waals surface area contributed by atoms with E-state index in [4.69, 9.17) is 9.47 Å². The van der Waals surface area contributed by atoms with Crippen LogP contribution in [0.1, 0.15) is 50.2 Å². The second kappa shape index (κ2) is 7.43. The van der Waals surface area contributed by atoms with E-state index in [1.807, 2.05) is 31.2 Å². The molecule has 22 heavy (non-hydrogen) atoms. The molecule has 1 aliphatic rings. The third-order valence-corrected chi connectivity index (χ3v) is 4.21. The van der Waals surface area contributed by atoms with Crippen molar-refractivity contribution in [1.29, 1.82) is 0 Å². The van der Waals surface area contributed by atoms with Gasteiger partial charge in [0, 0.05) is 0 Å². The van der Waals surface area contributed by atoms with Crippen molar-refractivity contribution in [2.24, 2.45) is 0 Å². The lowest BCUT2D eigenvalue weighted by atomic mass is 9.84. The van der Waals surface area contributed by atoms with Crippen LogP contribution in [0.4, 0.5) is 0 Å². The molecule has 0 aromatic heterocycles. The van der Waals surface area contributed by atoms with Crippen LogP contribution in [0.3, 0.4) is 0 Å². The van der Waals surface area contributed by atoms with E-state index in [-0.39, 0.29) is 12.4 Å². The van der Waals surface area contributed by atoms with Gasteiger partial charge in [0.25, 0.3) is 0 Å². The van der Waals surface area contributed by atoms with Crippen molar-refractivity contribution in [3.8, 4) is 0 Å². The predicted octanol–water partition coefficient (Wildman–Crippen LogP) is 3.35. The van der Waals surface area contributed by atoms with Crippen molar-refractivity contribution >= 4 is 11.9 Å². The first-order valence-corrected chi connectivity index (χ1v) is 8.01. The van der Waals surface area contributed by atoms with Crippen LogP contribution in [0.15, 0.2) is 24.3 Å². The van der Waals surface area contributed by atoms with E-state index in [2.05, 4.69) is 0 Å². The van der Waals surface area contributed by atoms with E-state index in [1.54, 1.807) is 6.92 Å². The highest BCUT2D eigenvalue weighted by Crippen LogP contribution is 2.33. The van der Waals surface area contributed by atoms with Gasteiger partial charge in [-0.25, -0.2) is 4.79 Å². The predicted molar refractivity (Wildman–Crippen MR) is 83.4 cm³/mol. The maximum absolute atomic E-state index is 12.3. The normalized spacial score (nSPS) is 16.8. The molecule has 0 radical (unpaired) electrons.